The maximum atomic E-state index is 5.71. The number of hydrogen-bond donors (Lipinski definition) is 0. The maximum Gasteiger partial charge on any atom is 0.226 e. The highest BCUT2D eigenvalue weighted by Crippen LogP contribution is 2.41. The molecule has 4 rings (SSSR count). The fourth-order valence-corrected chi connectivity index (χ4v) is 3.08. The van der Waals surface area contributed by atoms with Crippen LogP contribution < -0.4 is 0 Å². The first-order valence-electron chi connectivity index (χ1n) is 8.20. The van der Waals surface area contributed by atoms with Gasteiger partial charge >= 0.3 is 0 Å². The third-order valence-corrected chi connectivity index (χ3v) is 4.44. The zero-order valence-electron chi connectivity index (χ0n) is 14.0. The molecule has 4 nitrogen and oxygen atoms in total. The number of fused-ring (bicyclic) bond motifs is 1. The highest BCUT2D eigenvalue weighted by atomic mass is 16.3. The summed E-state index contributed by atoms with van der Waals surface area (Å²) in [5.41, 5.74) is 6.15. The number of benzene rings is 2. The molecule has 0 amide bonds. The molecule has 2 heterocycles. The number of rotatable bonds is 3. The lowest BCUT2D eigenvalue weighted by Crippen LogP contribution is -2.00. The smallest absolute Gasteiger partial charge is 0.226 e. The minimum Gasteiger partial charge on any atom is -0.444 e. The molecule has 1 aromatic heterocycles. The molecule has 0 radical (unpaired) electrons. The van der Waals surface area contributed by atoms with Crippen molar-refractivity contribution in [2.75, 3.05) is 0 Å². The third-order valence-electron chi connectivity index (χ3n) is 4.44. The molecule has 4 heteroatoms. The van der Waals surface area contributed by atoms with E-state index in [2.05, 4.69) is 54.2 Å². The largest absolute Gasteiger partial charge is 0.444 e. The lowest BCUT2D eigenvalue weighted by Gasteiger charge is -2.11. The first kappa shape index (κ1) is 14.8. The monoisotopic (exact) mass is 317 g/mol. The van der Waals surface area contributed by atoms with Crippen LogP contribution in [0.4, 0.5) is 5.69 Å². The highest BCUT2D eigenvalue weighted by molar-refractivity contribution is 5.68. The van der Waals surface area contributed by atoms with Gasteiger partial charge in [0.15, 0.2) is 0 Å². The first-order chi connectivity index (χ1) is 11.6. The molecule has 24 heavy (non-hydrogen) atoms. The van der Waals surface area contributed by atoms with Gasteiger partial charge in [0.25, 0.3) is 0 Å². The lowest BCUT2D eigenvalue weighted by molar-refractivity contribution is 0.515. The summed E-state index contributed by atoms with van der Waals surface area (Å²) in [6.45, 7) is 6.40. The molecule has 1 aliphatic rings. The van der Waals surface area contributed by atoms with Crippen LogP contribution in [0.15, 0.2) is 63.4 Å². The average molecular weight is 317 g/mol. The Labute approximate surface area is 141 Å². The van der Waals surface area contributed by atoms with E-state index in [1.165, 1.54) is 11.1 Å². The Morgan fingerprint density at radius 3 is 2.71 bits per heavy atom. The van der Waals surface area contributed by atoms with E-state index in [1.807, 2.05) is 24.3 Å². The topological polar surface area (TPSA) is 50.8 Å². The quantitative estimate of drug-likeness (QED) is 0.585. The Bertz CT molecular complexity index is 924. The van der Waals surface area contributed by atoms with Crippen LogP contribution in [0.25, 0.3) is 22.7 Å². The second kappa shape index (κ2) is 5.71. The van der Waals surface area contributed by atoms with Gasteiger partial charge in [-0.25, -0.2) is 4.98 Å². The van der Waals surface area contributed by atoms with Crippen molar-refractivity contribution in [2.24, 2.45) is 16.1 Å². The van der Waals surface area contributed by atoms with Gasteiger partial charge in [-0.1, -0.05) is 44.2 Å². The van der Waals surface area contributed by atoms with Gasteiger partial charge in [0.1, 0.15) is 18.0 Å². The number of azo groups is 1. The molecule has 3 aromatic rings. The van der Waals surface area contributed by atoms with Crippen LogP contribution in [0.1, 0.15) is 31.0 Å². The van der Waals surface area contributed by atoms with Crippen LogP contribution in [-0.2, 0) is 0 Å². The van der Waals surface area contributed by atoms with Gasteiger partial charge in [-0.05, 0) is 30.5 Å². The van der Waals surface area contributed by atoms with E-state index in [1.54, 1.807) is 6.26 Å². The molecule has 0 spiro atoms. The van der Waals surface area contributed by atoms with E-state index in [4.69, 9.17) is 4.42 Å². The molecule has 0 aliphatic carbocycles. The molecule has 0 saturated heterocycles. The molecule has 0 saturated carbocycles. The molecule has 0 bridgehead atoms. The van der Waals surface area contributed by atoms with Gasteiger partial charge in [0.2, 0.25) is 5.89 Å². The number of hydrogen-bond acceptors (Lipinski definition) is 4. The van der Waals surface area contributed by atoms with Crippen molar-refractivity contribution in [1.82, 2.24) is 4.98 Å². The molecule has 1 atom stereocenters. The van der Waals surface area contributed by atoms with Crippen molar-refractivity contribution in [1.29, 1.82) is 0 Å². The van der Waals surface area contributed by atoms with Crippen molar-refractivity contribution in [2.45, 2.75) is 26.8 Å². The van der Waals surface area contributed by atoms with E-state index in [0.29, 0.717) is 11.8 Å². The van der Waals surface area contributed by atoms with Crippen LogP contribution in [-0.4, -0.2) is 4.98 Å². The summed E-state index contributed by atoms with van der Waals surface area (Å²) in [5.74, 6) is 1.05. The predicted molar refractivity (Wildman–Crippen MR) is 94.2 cm³/mol. The predicted octanol–water partition coefficient (Wildman–Crippen LogP) is 6.11. The SMILES string of the molecule is Cc1ccccc1-c1coc(-c2ccc3c(c2)N=NC3C(C)C)n1. The molecule has 1 unspecified atom stereocenters. The zero-order valence-corrected chi connectivity index (χ0v) is 14.0. The fraction of sp³-hybridized carbons (Fsp3) is 0.250. The van der Waals surface area contributed by atoms with Crippen molar-refractivity contribution >= 4 is 5.69 Å². The highest BCUT2D eigenvalue weighted by Gasteiger charge is 2.24. The Kier molecular flexibility index (Phi) is 3.53. The molecule has 2 aromatic carbocycles. The summed E-state index contributed by atoms with van der Waals surface area (Å²) in [6, 6.07) is 14.5. The summed E-state index contributed by atoms with van der Waals surface area (Å²) in [4.78, 5) is 4.65. The van der Waals surface area contributed by atoms with E-state index < -0.39 is 0 Å². The normalized spacial score (nSPS) is 15.9. The minimum absolute atomic E-state index is 0.154. The fourth-order valence-electron chi connectivity index (χ4n) is 3.08. The van der Waals surface area contributed by atoms with Crippen LogP contribution in [0.5, 0.6) is 0 Å². The van der Waals surface area contributed by atoms with Crippen LogP contribution in [0, 0.1) is 12.8 Å². The van der Waals surface area contributed by atoms with Crippen molar-refractivity contribution < 1.29 is 4.42 Å². The number of nitrogens with zero attached hydrogens (tertiary/aromatic N) is 3. The summed E-state index contributed by atoms with van der Waals surface area (Å²) in [5, 5.41) is 8.70. The Morgan fingerprint density at radius 2 is 1.92 bits per heavy atom. The van der Waals surface area contributed by atoms with Gasteiger partial charge in [0, 0.05) is 16.7 Å². The molecule has 0 N–H and O–H groups in total. The summed E-state index contributed by atoms with van der Waals surface area (Å²) >= 11 is 0. The Morgan fingerprint density at radius 1 is 1.08 bits per heavy atom. The Balaban J connectivity index is 1.69. The zero-order chi connectivity index (χ0) is 16.7. The van der Waals surface area contributed by atoms with Crippen molar-refractivity contribution in [3.8, 4) is 22.7 Å². The number of aryl methyl sites for hydroxylation is 1. The molecular weight excluding hydrogens is 298 g/mol. The van der Waals surface area contributed by atoms with Gasteiger partial charge < -0.3 is 4.42 Å². The summed E-state index contributed by atoms with van der Waals surface area (Å²) < 4.78 is 5.71. The maximum absolute atomic E-state index is 5.71. The van der Waals surface area contributed by atoms with Crippen LogP contribution >= 0.6 is 0 Å². The number of aromatic nitrogens is 1. The first-order valence-corrected chi connectivity index (χ1v) is 8.20. The van der Waals surface area contributed by atoms with Crippen molar-refractivity contribution in [3.63, 3.8) is 0 Å². The minimum atomic E-state index is 0.154. The molecule has 0 fully saturated rings. The second-order valence-corrected chi connectivity index (χ2v) is 6.53. The van der Waals surface area contributed by atoms with Crippen molar-refractivity contribution in [3.05, 3.63) is 59.9 Å². The van der Waals surface area contributed by atoms with Gasteiger partial charge in [-0.3, -0.25) is 0 Å². The average Bonchev–Trinajstić information content (AvgIpc) is 3.21. The van der Waals surface area contributed by atoms with E-state index >= 15 is 0 Å². The molecule has 120 valence electrons. The van der Waals surface area contributed by atoms with E-state index in [0.717, 1.165) is 22.5 Å². The van der Waals surface area contributed by atoms with Gasteiger partial charge in [0.05, 0.1) is 5.69 Å². The second-order valence-electron chi connectivity index (χ2n) is 6.53. The number of oxazole rings is 1. The standard InChI is InChI=1S/C20H19N3O/c1-12(2)19-16-9-8-14(10-17(16)22-23-19)20-21-18(11-24-20)15-7-5-4-6-13(15)3/h4-12,19H,1-3H3. The van der Waals surface area contributed by atoms with E-state index in [-0.39, 0.29) is 6.04 Å². The van der Waals surface area contributed by atoms with Gasteiger partial charge in [-0.2, -0.15) is 10.2 Å². The van der Waals surface area contributed by atoms with Crippen LogP contribution in [0.3, 0.4) is 0 Å². The Hall–Kier alpha value is -2.75. The molecule has 1 aliphatic heterocycles. The van der Waals surface area contributed by atoms with Crippen LogP contribution in [0.2, 0.25) is 0 Å². The summed E-state index contributed by atoms with van der Waals surface area (Å²) in [7, 11) is 0. The lowest BCUT2D eigenvalue weighted by atomic mass is 9.95. The van der Waals surface area contributed by atoms with Gasteiger partial charge in [-0.15, -0.1) is 0 Å². The third kappa shape index (κ3) is 2.44. The summed E-state index contributed by atoms with van der Waals surface area (Å²) in [6.07, 6.45) is 1.71. The molecular formula is C20H19N3O. The van der Waals surface area contributed by atoms with E-state index in [9.17, 15) is 0 Å².